The van der Waals surface area contributed by atoms with Crippen LogP contribution in [0, 0.1) is 11.8 Å². The number of carbonyl (C=O) groups excluding carboxylic acids is 2. The summed E-state index contributed by atoms with van der Waals surface area (Å²) < 4.78 is 10.8. The number of benzene rings is 2. The van der Waals surface area contributed by atoms with Crippen molar-refractivity contribution in [3.63, 3.8) is 0 Å². The number of para-hydroxylation sites is 1. The van der Waals surface area contributed by atoms with E-state index in [1.54, 1.807) is 54.6 Å². The number of aliphatic hydroxyl groups is 1. The number of esters is 1. The second-order valence-corrected chi connectivity index (χ2v) is 4.73. The molecule has 0 saturated carbocycles. The standard InChI is InChI=1S/C19H16O5/c20-13-16(21)11-12-18(14-23-17-9-5-2-6-10-17)24-19(22)15-7-3-1-4-8-15/h1-10,18,20H,13-14H2. The van der Waals surface area contributed by atoms with E-state index < -0.39 is 24.5 Å². The molecule has 2 aromatic rings. The number of carbonyl (C=O) groups is 2. The maximum absolute atomic E-state index is 12.1. The van der Waals surface area contributed by atoms with Crippen LogP contribution in [-0.4, -0.2) is 36.2 Å². The predicted molar refractivity (Wildman–Crippen MR) is 87.5 cm³/mol. The number of Topliss-reactive ketones (excluding diaryl/α,β-unsaturated/α-hetero) is 1. The van der Waals surface area contributed by atoms with Crippen LogP contribution < -0.4 is 4.74 Å². The van der Waals surface area contributed by atoms with Crippen LogP contribution in [-0.2, 0) is 9.53 Å². The molecule has 0 heterocycles. The smallest absolute Gasteiger partial charge is 0.339 e. The number of aliphatic hydroxyl groups excluding tert-OH is 1. The van der Waals surface area contributed by atoms with Gasteiger partial charge in [0.1, 0.15) is 19.0 Å². The molecular weight excluding hydrogens is 308 g/mol. The molecule has 1 unspecified atom stereocenters. The summed E-state index contributed by atoms with van der Waals surface area (Å²) in [6.07, 6.45) is -0.937. The van der Waals surface area contributed by atoms with Crippen LogP contribution in [0.1, 0.15) is 10.4 Å². The van der Waals surface area contributed by atoms with E-state index >= 15 is 0 Å². The number of ether oxygens (including phenoxy) is 2. The molecule has 1 N–H and O–H groups in total. The van der Waals surface area contributed by atoms with Crippen molar-refractivity contribution < 1.29 is 24.2 Å². The average molecular weight is 324 g/mol. The summed E-state index contributed by atoms with van der Waals surface area (Å²) in [6.45, 7) is -0.722. The highest BCUT2D eigenvalue weighted by molar-refractivity contribution is 5.96. The van der Waals surface area contributed by atoms with Crippen LogP contribution in [0.4, 0.5) is 0 Å². The summed E-state index contributed by atoms with van der Waals surface area (Å²) in [7, 11) is 0. The highest BCUT2D eigenvalue weighted by Crippen LogP contribution is 2.10. The molecule has 0 bridgehead atoms. The van der Waals surface area contributed by atoms with Crippen molar-refractivity contribution >= 4 is 11.8 Å². The minimum atomic E-state index is -0.937. The number of hydrogen-bond acceptors (Lipinski definition) is 5. The molecule has 1 atom stereocenters. The third-order valence-corrected chi connectivity index (χ3v) is 2.92. The van der Waals surface area contributed by atoms with Gasteiger partial charge in [-0.2, -0.15) is 0 Å². The fraction of sp³-hybridized carbons (Fsp3) is 0.158. The Hall–Kier alpha value is -3.10. The van der Waals surface area contributed by atoms with Crippen molar-refractivity contribution in [2.24, 2.45) is 0 Å². The number of ketones is 1. The van der Waals surface area contributed by atoms with Crippen molar-refractivity contribution in [2.75, 3.05) is 13.2 Å². The van der Waals surface area contributed by atoms with E-state index in [-0.39, 0.29) is 6.61 Å². The molecule has 122 valence electrons. The van der Waals surface area contributed by atoms with Gasteiger partial charge in [-0.1, -0.05) is 36.4 Å². The van der Waals surface area contributed by atoms with Crippen LogP contribution in [0.15, 0.2) is 60.7 Å². The molecule has 0 amide bonds. The zero-order valence-corrected chi connectivity index (χ0v) is 12.8. The monoisotopic (exact) mass is 324 g/mol. The van der Waals surface area contributed by atoms with E-state index in [9.17, 15) is 9.59 Å². The summed E-state index contributed by atoms with van der Waals surface area (Å²) in [6, 6.07) is 17.4. The van der Waals surface area contributed by atoms with Crippen LogP contribution in [0.3, 0.4) is 0 Å². The van der Waals surface area contributed by atoms with Gasteiger partial charge in [0.2, 0.25) is 5.78 Å². The summed E-state index contributed by atoms with van der Waals surface area (Å²) >= 11 is 0. The van der Waals surface area contributed by atoms with Gasteiger partial charge in [0, 0.05) is 0 Å². The quantitative estimate of drug-likeness (QED) is 0.499. The van der Waals surface area contributed by atoms with E-state index in [2.05, 4.69) is 11.8 Å². The van der Waals surface area contributed by atoms with E-state index in [4.69, 9.17) is 14.6 Å². The summed E-state index contributed by atoms with van der Waals surface area (Å²) in [5.74, 6) is 4.11. The third kappa shape index (κ3) is 5.59. The average Bonchev–Trinajstić information content (AvgIpc) is 2.65. The van der Waals surface area contributed by atoms with Crippen LogP contribution in [0.25, 0.3) is 0 Å². The normalized spacial score (nSPS) is 10.9. The summed E-state index contributed by atoms with van der Waals surface area (Å²) in [5, 5.41) is 8.72. The molecule has 0 radical (unpaired) electrons. The number of rotatable bonds is 6. The van der Waals surface area contributed by atoms with Gasteiger partial charge in [-0.3, -0.25) is 4.79 Å². The van der Waals surface area contributed by atoms with E-state index in [1.165, 1.54) is 0 Å². The van der Waals surface area contributed by atoms with Crippen molar-refractivity contribution in [3.05, 3.63) is 66.2 Å². The first-order valence-electron chi connectivity index (χ1n) is 7.28. The Kier molecular flexibility index (Phi) is 6.57. The molecule has 0 spiro atoms. The first-order valence-corrected chi connectivity index (χ1v) is 7.28. The van der Waals surface area contributed by atoms with Crippen molar-refractivity contribution in [1.82, 2.24) is 0 Å². The van der Waals surface area contributed by atoms with Gasteiger partial charge in [0.15, 0.2) is 6.10 Å². The van der Waals surface area contributed by atoms with Crippen molar-refractivity contribution in [2.45, 2.75) is 6.10 Å². The van der Waals surface area contributed by atoms with Gasteiger partial charge in [-0.15, -0.1) is 0 Å². The lowest BCUT2D eigenvalue weighted by atomic mass is 10.2. The lowest BCUT2D eigenvalue weighted by Gasteiger charge is -2.14. The molecule has 0 fully saturated rings. The topological polar surface area (TPSA) is 72.8 Å². The Morgan fingerprint density at radius 1 is 1.00 bits per heavy atom. The Labute approximate surface area is 139 Å². The number of hydrogen-bond donors (Lipinski definition) is 1. The van der Waals surface area contributed by atoms with Crippen LogP contribution in [0.5, 0.6) is 5.75 Å². The SMILES string of the molecule is O=C(C#CC(COc1ccccc1)OC(=O)c1ccccc1)CO. The van der Waals surface area contributed by atoms with Crippen LogP contribution >= 0.6 is 0 Å². The Balaban J connectivity index is 2.05. The minimum Gasteiger partial charge on any atom is -0.489 e. The largest absolute Gasteiger partial charge is 0.489 e. The molecule has 2 aromatic carbocycles. The molecule has 0 aliphatic rings. The first kappa shape index (κ1) is 17.3. The molecular formula is C19H16O5. The maximum Gasteiger partial charge on any atom is 0.339 e. The molecule has 5 heteroatoms. The second-order valence-electron chi connectivity index (χ2n) is 4.73. The first-order chi connectivity index (χ1) is 11.7. The van der Waals surface area contributed by atoms with Crippen molar-refractivity contribution in [1.29, 1.82) is 0 Å². The zero-order valence-electron chi connectivity index (χ0n) is 12.8. The highest BCUT2D eigenvalue weighted by atomic mass is 16.6. The van der Waals surface area contributed by atoms with E-state index in [0.29, 0.717) is 11.3 Å². The summed E-state index contributed by atoms with van der Waals surface area (Å²) in [4.78, 5) is 23.2. The van der Waals surface area contributed by atoms with Crippen LogP contribution in [0.2, 0.25) is 0 Å². The fourth-order valence-corrected chi connectivity index (χ4v) is 1.77. The fourth-order valence-electron chi connectivity index (χ4n) is 1.77. The van der Waals surface area contributed by atoms with Gasteiger partial charge < -0.3 is 14.6 Å². The second kappa shape index (κ2) is 9.13. The summed E-state index contributed by atoms with van der Waals surface area (Å²) in [5.41, 5.74) is 0.373. The molecule has 24 heavy (non-hydrogen) atoms. The van der Waals surface area contributed by atoms with Gasteiger partial charge in [0.25, 0.3) is 0 Å². The highest BCUT2D eigenvalue weighted by Gasteiger charge is 2.15. The van der Waals surface area contributed by atoms with E-state index in [0.717, 1.165) is 0 Å². The maximum atomic E-state index is 12.1. The third-order valence-electron chi connectivity index (χ3n) is 2.92. The Bertz CT molecular complexity index is 729. The Morgan fingerprint density at radius 2 is 1.62 bits per heavy atom. The molecule has 0 aromatic heterocycles. The lowest BCUT2D eigenvalue weighted by Crippen LogP contribution is -2.24. The van der Waals surface area contributed by atoms with Gasteiger partial charge in [-0.05, 0) is 36.1 Å². The minimum absolute atomic E-state index is 0.0334. The molecule has 0 aliphatic carbocycles. The molecule has 0 saturated heterocycles. The zero-order chi connectivity index (χ0) is 17.2. The molecule has 2 rings (SSSR count). The lowest BCUT2D eigenvalue weighted by molar-refractivity contribution is -0.116. The van der Waals surface area contributed by atoms with Crippen molar-refractivity contribution in [3.8, 4) is 17.6 Å². The molecule has 0 aliphatic heterocycles. The Morgan fingerprint density at radius 3 is 2.25 bits per heavy atom. The van der Waals surface area contributed by atoms with Gasteiger partial charge >= 0.3 is 5.97 Å². The molecule has 5 nitrogen and oxygen atoms in total. The van der Waals surface area contributed by atoms with Gasteiger partial charge in [-0.25, -0.2) is 4.79 Å². The predicted octanol–water partition coefficient (Wildman–Crippen LogP) is 1.86. The van der Waals surface area contributed by atoms with Gasteiger partial charge in [0.05, 0.1) is 5.56 Å². The van der Waals surface area contributed by atoms with E-state index in [1.807, 2.05) is 6.07 Å².